The van der Waals surface area contributed by atoms with Crippen LogP contribution in [-0.2, 0) is 0 Å². The Kier molecular flexibility index (Phi) is 2.75. The van der Waals surface area contributed by atoms with Crippen molar-refractivity contribution in [2.24, 2.45) is 0 Å². The third kappa shape index (κ3) is 4.32. The van der Waals surface area contributed by atoms with Gasteiger partial charge in [0.2, 0.25) is 0 Å². The summed E-state index contributed by atoms with van der Waals surface area (Å²) in [6.07, 6.45) is 0. The van der Waals surface area contributed by atoms with Crippen LogP contribution >= 0.6 is 0 Å². The third-order valence-electron chi connectivity index (χ3n) is 5.24. The molecule has 6 rings (SSSR count). The molecule has 0 saturated heterocycles. The lowest BCUT2D eigenvalue weighted by molar-refractivity contribution is 1.28. The highest BCUT2D eigenvalue weighted by Crippen LogP contribution is 2.36. The maximum absolute atomic E-state index is 9.10. The second kappa shape index (κ2) is 9.32. The second-order valence-electron chi connectivity index (χ2n) is 7.48. The highest BCUT2D eigenvalue weighted by atomic mass is 15.1. The van der Waals surface area contributed by atoms with Gasteiger partial charge in [0.1, 0.15) is 0 Å². The average Bonchev–Trinajstić information content (AvgIpc) is 3.11. The van der Waals surface area contributed by atoms with Crippen LogP contribution in [0.15, 0.2) is 151 Å². The molecule has 0 fully saturated rings. The summed E-state index contributed by atoms with van der Waals surface area (Å²) in [5, 5.41) is -0.944. The minimum atomic E-state index is -0.770. The summed E-state index contributed by atoms with van der Waals surface area (Å²) >= 11 is 0. The van der Waals surface area contributed by atoms with E-state index < -0.39 is 124 Å². The minimum Gasteiger partial charge on any atom is -0.311 e. The summed E-state index contributed by atoms with van der Waals surface area (Å²) in [7, 11) is 0. The fourth-order valence-electron chi connectivity index (χ4n) is 3.60. The molecule has 0 bridgehead atoms. The van der Waals surface area contributed by atoms with Gasteiger partial charge in [0.05, 0.1) is 20.6 Å². The van der Waals surface area contributed by atoms with Gasteiger partial charge in [0.15, 0.2) is 0 Å². The van der Waals surface area contributed by atoms with Gasteiger partial charge in [-0.05, 0) is 81.5 Å². The monoisotopic (exact) mass is 462 g/mol. The normalized spacial score (nSPS) is 16.9. The molecule has 0 amide bonds. The van der Waals surface area contributed by atoms with Gasteiger partial charge >= 0.3 is 0 Å². The van der Waals surface area contributed by atoms with Crippen molar-refractivity contribution in [3.05, 3.63) is 151 Å². The molecule has 0 atom stereocenters. The molecule has 0 aromatic heterocycles. The highest BCUT2D eigenvalue weighted by Gasteiger charge is 2.12. The quantitative estimate of drug-likeness (QED) is 0.246. The van der Waals surface area contributed by atoms with E-state index in [0.717, 1.165) is 0 Å². The summed E-state index contributed by atoms with van der Waals surface area (Å²) in [6, 6.07) is 7.17. The number of rotatable bonds is 5. The molecule has 1 nitrogen and oxygen atoms in total. The van der Waals surface area contributed by atoms with Crippen LogP contribution in [0.4, 0.5) is 17.1 Å². The predicted octanol–water partition coefficient (Wildman–Crippen LogP) is 9.64. The Hall–Kier alpha value is -4.62. The van der Waals surface area contributed by atoms with Crippen LogP contribution in [0.2, 0.25) is 0 Å². The van der Waals surface area contributed by atoms with Gasteiger partial charge in [0, 0.05) is 17.1 Å². The van der Waals surface area contributed by atoms with Crippen molar-refractivity contribution in [3.8, 4) is 22.3 Å². The number of nitrogens with zero attached hydrogens (tertiary/aromatic N) is 1. The van der Waals surface area contributed by atoms with E-state index in [4.69, 9.17) is 20.6 Å². The highest BCUT2D eigenvalue weighted by molar-refractivity contribution is 5.91. The number of anilines is 3. The fourth-order valence-corrected chi connectivity index (χ4v) is 3.60. The molecule has 6 aromatic rings. The van der Waals surface area contributed by atoms with Gasteiger partial charge < -0.3 is 4.90 Å². The van der Waals surface area contributed by atoms with E-state index in [0.29, 0.717) is 11.4 Å². The molecule has 1 heteroatoms. The molecular formula is C34H25N. The van der Waals surface area contributed by atoms with Crippen molar-refractivity contribution in [2.45, 2.75) is 0 Å². The van der Waals surface area contributed by atoms with Crippen molar-refractivity contribution in [2.75, 3.05) is 4.90 Å². The Morgan fingerprint density at radius 3 is 1.37 bits per heavy atom. The van der Waals surface area contributed by atoms with Crippen LogP contribution in [0, 0.1) is 0 Å². The second-order valence-corrected chi connectivity index (χ2v) is 7.48. The Morgan fingerprint density at radius 2 is 0.857 bits per heavy atom. The van der Waals surface area contributed by atoms with Gasteiger partial charge in [-0.15, -0.1) is 0 Å². The first kappa shape index (κ1) is 10.3. The maximum atomic E-state index is 9.10. The molecule has 6 aromatic carbocycles. The van der Waals surface area contributed by atoms with Gasteiger partial charge in [-0.2, -0.15) is 0 Å². The van der Waals surface area contributed by atoms with E-state index in [-0.39, 0.29) is 5.69 Å². The lowest BCUT2D eigenvalue weighted by Crippen LogP contribution is -2.09. The lowest BCUT2D eigenvalue weighted by Gasteiger charge is -2.25. The summed E-state index contributed by atoms with van der Waals surface area (Å²) in [5.41, 5.74) is -1.13. The molecule has 0 aliphatic heterocycles. The van der Waals surface area contributed by atoms with Crippen molar-refractivity contribution < 1.29 is 20.6 Å². The predicted molar refractivity (Wildman–Crippen MR) is 150 cm³/mol. The smallest absolute Gasteiger partial charge is 0.0645 e. The van der Waals surface area contributed by atoms with E-state index in [1.54, 1.807) is 65.6 Å². The zero-order valence-corrected chi connectivity index (χ0v) is 18.2. The van der Waals surface area contributed by atoms with Crippen LogP contribution < -0.4 is 4.90 Å². The summed E-state index contributed by atoms with van der Waals surface area (Å²) in [6.45, 7) is 0. The zero-order valence-electron chi connectivity index (χ0n) is 33.2. The van der Waals surface area contributed by atoms with E-state index in [2.05, 4.69) is 0 Å². The first-order chi connectivity index (χ1) is 23.6. The first-order valence-corrected chi connectivity index (χ1v) is 10.7. The first-order valence-electron chi connectivity index (χ1n) is 18.2. The third-order valence-corrected chi connectivity index (χ3v) is 5.24. The summed E-state index contributed by atoms with van der Waals surface area (Å²) in [5.74, 6) is 0. The van der Waals surface area contributed by atoms with Crippen LogP contribution in [0.3, 0.4) is 0 Å². The van der Waals surface area contributed by atoms with Crippen LogP contribution in [0.25, 0.3) is 33.0 Å². The van der Waals surface area contributed by atoms with Gasteiger partial charge in [-0.3, -0.25) is 0 Å². The van der Waals surface area contributed by atoms with Gasteiger partial charge in [-0.25, -0.2) is 0 Å². The molecule has 0 spiro atoms. The van der Waals surface area contributed by atoms with Crippen molar-refractivity contribution in [3.63, 3.8) is 0 Å². The summed E-state index contributed by atoms with van der Waals surface area (Å²) in [4.78, 5) is 1.55. The topological polar surface area (TPSA) is 3.24 Å². The molecule has 0 saturated carbocycles. The Morgan fingerprint density at radius 1 is 0.400 bits per heavy atom. The molecule has 0 radical (unpaired) electrons. The van der Waals surface area contributed by atoms with Crippen molar-refractivity contribution in [1.29, 1.82) is 0 Å². The molecule has 0 aliphatic carbocycles. The van der Waals surface area contributed by atoms with E-state index in [1.807, 2.05) is 0 Å². The molecule has 0 aliphatic rings. The maximum Gasteiger partial charge on any atom is 0.0645 e. The molecule has 35 heavy (non-hydrogen) atoms. The van der Waals surface area contributed by atoms with Crippen LogP contribution in [-0.4, -0.2) is 0 Å². The fraction of sp³-hybridized carbons (Fsp3) is 0. The lowest BCUT2D eigenvalue weighted by atomic mass is 9.97. The number of benzene rings is 6. The van der Waals surface area contributed by atoms with E-state index in [1.165, 1.54) is 0 Å². The number of fused-ring (bicyclic) bond motifs is 1. The molecule has 166 valence electrons. The van der Waals surface area contributed by atoms with Crippen LogP contribution in [0.5, 0.6) is 0 Å². The number of para-hydroxylation sites is 2. The Balaban J connectivity index is 1.67. The zero-order chi connectivity index (χ0) is 36.5. The standard InChI is InChI=1S/C34H25N/c1-4-10-26(11-5-1)28-16-18-31-25-29(17-19-30(31)24-28)27-20-22-34(23-21-27)35(32-12-6-2-7-13-32)33-14-8-3-9-15-33/h1-25H/i1D,4D,5D,10D,11D,16D,17D,18D,19D,20D,21D,22D,23D,24D,25D. The number of hydrogen-bond acceptors (Lipinski definition) is 1. The Labute approximate surface area is 227 Å². The van der Waals surface area contributed by atoms with Crippen molar-refractivity contribution >= 4 is 27.8 Å². The molecular weight excluding hydrogens is 422 g/mol. The minimum absolute atomic E-state index is 0.113. The van der Waals surface area contributed by atoms with Crippen LogP contribution in [0.1, 0.15) is 20.6 Å². The van der Waals surface area contributed by atoms with Gasteiger partial charge in [0.25, 0.3) is 0 Å². The molecule has 0 N–H and O–H groups in total. The van der Waals surface area contributed by atoms with E-state index in [9.17, 15) is 0 Å². The molecule has 0 unspecified atom stereocenters. The SMILES string of the molecule is [2H]c1c([2H])c([2H])c(-c2c([2H])c([2H])c3c([2H])c(-c4c([2H])c([2H])c(N(c5ccccc5)c5ccccc5)c([2H])c4[2H])c([2H])c([2H])c3c2[2H])c([2H])c1[2H]. The molecule has 0 heterocycles. The van der Waals surface area contributed by atoms with E-state index >= 15 is 0 Å². The Bertz CT molecular complexity index is 2280. The summed E-state index contributed by atoms with van der Waals surface area (Å²) < 4.78 is 130. The largest absolute Gasteiger partial charge is 0.311 e. The van der Waals surface area contributed by atoms with Gasteiger partial charge in [-0.1, -0.05) is 103 Å². The average molecular weight is 463 g/mol. The number of hydrogen-bond donors (Lipinski definition) is 0. The van der Waals surface area contributed by atoms with Crippen molar-refractivity contribution in [1.82, 2.24) is 0 Å².